The van der Waals surface area contributed by atoms with Crippen LogP contribution >= 0.6 is 0 Å². The van der Waals surface area contributed by atoms with E-state index in [0.29, 0.717) is 13.2 Å². The molecule has 5 nitrogen and oxygen atoms in total. The zero-order chi connectivity index (χ0) is 15.5. The fourth-order valence-electron chi connectivity index (χ4n) is 1.76. The third kappa shape index (κ3) is 7.56. The Balaban J connectivity index is 2.56. The van der Waals surface area contributed by atoms with Crippen molar-refractivity contribution in [3.05, 3.63) is 29.8 Å². The standard InChI is InChI=1S/C16H28N4O/c1-5-17-16(18-6-2)19-13-14-8-7-9-15(12-14)21-11-10-20(3)4/h7-9,12H,5-6,10-11,13H2,1-4H3,(H2,17,18,19). The highest BCUT2D eigenvalue weighted by Gasteiger charge is 1.99. The van der Waals surface area contributed by atoms with Gasteiger partial charge in [0.25, 0.3) is 0 Å². The minimum Gasteiger partial charge on any atom is -0.492 e. The Morgan fingerprint density at radius 2 is 1.90 bits per heavy atom. The number of ether oxygens (including phenoxy) is 1. The van der Waals surface area contributed by atoms with Crippen LogP contribution in [0.1, 0.15) is 19.4 Å². The molecule has 5 heteroatoms. The molecule has 21 heavy (non-hydrogen) atoms. The number of guanidine groups is 1. The van der Waals surface area contributed by atoms with Crippen LogP contribution in [0.5, 0.6) is 5.75 Å². The Hall–Kier alpha value is -1.75. The molecule has 0 atom stereocenters. The van der Waals surface area contributed by atoms with Crippen LogP contribution in [0.25, 0.3) is 0 Å². The van der Waals surface area contributed by atoms with Crippen LogP contribution in [0.2, 0.25) is 0 Å². The van der Waals surface area contributed by atoms with E-state index in [-0.39, 0.29) is 0 Å². The molecule has 0 unspecified atom stereocenters. The molecule has 1 aromatic rings. The van der Waals surface area contributed by atoms with Gasteiger partial charge in [-0.2, -0.15) is 0 Å². The lowest BCUT2D eigenvalue weighted by atomic mass is 10.2. The number of hydrogen-bond acceptors (Lipinski definition) is 3. The summed E-state index contributed by atoms with van der Waals surface area (Å²) in [6.07, 6.45) is 0. The van der Waals surface area contributed by atoms with E-state index in [9.17, 15) is 0 Å². The monoisotopic (exact) mass is 292 g/mol. The van der Waals surface area contributed by atoms with Crippen molar-refractivity contribution in [3.63, 3.8) is 0 Å². The van der Waals surface area contributed by atoms with Gasteiger partial charge >= 0.3 is 0 Å². The first-order chi connectivity index (χ1) is 10.2. The quantitative estimate of drug-likeness (QED) is 0.565. The van der Waals surface area contributed by atoms with E-state index in [0.717, 1.165) is 36.9 Å². The molecule has 0 fully saturated rings. The number of rotatable bonds is 8. The van der Waals surface area contributed by atoms with Crippen LogP contribution in [0.4, 0.5) is 0 Å². The average molecular weight is 292 g/mol. The number of nitrogens with one attached hydrogen (secondary N) is 2. The van der Waals surface area contributed by atoms with Crippen molar-refractivity contribution in [2.75, 3.05) is 40.3 Å². The van der Waals surface area contributed by atoms with E-state index >= 15 is 0 Å². The van der Waals surface area contributed by atoms with Crippen molar-refractivity contribution in [1.82, 2.24) is 15.5 Å². The van der Waals surface area contributed by atoms with Crippen LogP contribution in [0.15, 0.2) is 29.3 Å². The van der Waals surface area contributed by atoms with Gasteiger partial charge in [0, 0.05) is 19.6 Å². The van der Waals surface area contributed by atoms with Crippen molar-refractivity contribution in [3.8, 4) is 5.75 Å². The summed E-state index contributed by atoms with van der Waals surface area (Å²) in [7, 11) is 4.08. The zero-order valence-electron chi connectivity index (χ0n) is 13.6. The third-order valence-corrected chi connectivity index (χ3v) is 2.81. The lowest BCUT2D eigenvalue weighted by Gasteiger charge is -2.12. The molecule has 2 N–H and O–H groups in total. The molecule has 0 aliphatic rings. The number of hydrogen-bond donors (Lipinski definition) is 2. The summed E-state index contributed by atoms with van der Waals surface area (Å²) in [5, 5.41) is 6.43. The van der Waals surface area contributed by atoms with Gasteiger partial charge in [-0.05, 0) is 45.6 Å². The van der Waals surface area contributed by atoms with Gasteiger partial charge in [-0.25, -0.2) is 4.99 Å². The van der Waals surface area contributed by atoms with Gasteiger partial charge in [-0.3, -0.25) is 0 Å². The highest BCUT2D eigenvalue weighted by Crippen LogP contribution is 2.14. The highest BCUT2D eigenvalue weighted by atomic mass is 16.5. The molecule has 0 aliphatic heterocycles. The first kappa shape index (κ1) is 17.3. The van der Waals surface area contributed by atoms with E-state index < -0.39 is 0 Å². The Morgan fingerprint density at radius 3 is 2.52 bits per heavy atom. The largest absolute Gasteiger partial charge is 0.492 e. The smallest absolute Gasteiger partial charge is 0.191 e. The first-order valence-corrected chi connectivity index (χ1v) is 7.54. The molecular formula is C16H28N4O. The van der Waals surface area contributed by atoms with Gasteiger partial charge < -0.3 is 20.3 Å². The molecule has 0 spiro atoms. The molecule has 1 aromatic carbocycles. The van der Waals surface area contributed by atoms with Gasteiger partial charge in [0.1, 0.15) is 12.4 Å². The molecule has 0 radical (unpaired) electrons. The predicted octanol–water partition coefficient (Wildman–Crippen LogP) is 1.70. The lowest BCUT2D eigenvalue weighted by molar-refractivity contribution is 0.261. The molecule has 0 bridgehead atoms. The molecule has 1 rings (SSSR count). The maximum absolute atomic E-state index is 5.74. The molecule has 118 valence electrons. The molecule has 0 saturated carbocycles. The van der Waals surface area contributed by atoms with E-state index in [2.05, 4.69) is 46.5 Å². The topological polar surface area (TPSA) is 48.9 Å². The molecule has 0 heterocycles. The Labute approximate surface area is 128 Å². The predicted molar refractivity (Wildman–Crippen MR) is 89.0 cm³/mol. The SMILES string of the molecule is CCNC(=NCc1cccc(OCCN(C)C)c1)NCC. The van der Waals surface area contributed by atoms with Crippen molar-refractivity contribution in [1.29, 1.82) is 0 Å². The van der Waals surface area contributed by atoms with Crippen LogP contribution in [0, 0.1) is 0 Å². The van der Waals surface area contributed by atoms with E-state index in [4.69, 9.17) is 4.74 Å². The minimum absolute atomic E-state index is 0.639. The average Bonchev–Trinajstić information content (AvgIpc) is 2.45. The molecule has 0 amide bonds. The molecule has 0 aliphatic carbocycles. The van der Waals surface area contributed by atoms with Crippen molar-refractivity contribution >= 4 is 5.96 Å². The summed E-state index contributed by atoms with van der Waals surface area (Å²) in [5.74, 6) is 1.75. The number of aliphatic imine (C=N–C) groups is 1. The third-order valence-electron chi connectivity index (χ3n) is 2.81. The summed E-state index contributed by atoms with van der Waals surface area (Å²) in [5.41, 5.74) is 1.14. The van der Waals surface area contributed by atoms with Crippen LogP contribution in [-0.4, -0.2) is 51.2 Å². The molecule has 0 aromatic heterocycles. The maximum Gasteiger partial charge on any atom is 0.191 e. The molecular weight excluding hydrogens is 264 g/mol. The van der Waals surface area contributed by atoms with Crippen molar-refractivity contribution in [2.45, 2.75) is 20.4 Å². The van der Waals surface area contributed by atoms with Gasteiger partial charge in [0.2, 0.25) is 0 Å². The Kier molecular flexibility index (Phi) is 8.28. The summed E-state index contributed by atoms with van der Waals surface area (Å²) in [4.78, 5) is 6.66. The summed E-state index contributed by atoms with van der Waals surface area (Å²) in [6, 6.07) is 8.11. The fourth-order valence-corrected chi connectivity index (χ4v) is 1.76. The Bertz CT molecular complexity index is 424. The van der Waals surface area contributed by atoms with Gasteiger partial charge in [0.05, 0.1) is 6.54 Å². The normalized spacial score (nSPS) is 10.3. The Morgan fingerprint density at radius 1 is 1.19 bits per heavy atom. The van der Waals surface area contributed by atoms with Crippen LogP contribution in [-0.2, 0) is 6.54 Å². The van der Waals surface area contributed by atoms with Gasteiger partial charge in [0.15, 0.2) is 5.96 Å². The summed E-state index contributed by atoms with van der Waals surface area (Å²) in [6.45, 7) is 8.09. The lowest BCUT2D eigenvalue weighted by Crippen LogP contribution is -2.36. The van der Waals surface area contributed by atoms with Crippen molar-refractivity contribution in [2.24, 2.45) is 4.99 Å². The second kappa shape index (κ2) is 10.0. The maximum atomic E-state index is 5.74. The number of benzene rings is 1. The van der Waals surface area contributed by atoms with Crippen LogP contribution in [0.3, 0.4) is 0 Å². The van der Waals surface area contributed by atoms with E-state index in [1.807, 2.05) is 26.2 Å². The number of likely N-dealkylation sites (N-methyl/N-ethyl adjacent to an activating group) is 1. The minimum atomic E-state index is 0.639. The van der Waals surface area contributed by atoms with Crippen LogP contribution < -0.4 is 15.4 Å². The van der Waals surface area contributed by atoms with Crippen molar-refractivity contribution < 1.29 is 4.74 Å². The molecule has 0 saturated heterocycles. The van der Waals surface area contributed by atoms with Gasteiger partial charge in [-0.15, -0.1) is 0 Å². The van der Waals surface area contributed by atoms with Gasteiger partial charge in [-0.1, -0.05) is 12.1 Å². The highest BCUT2D eigenvalue weighted by molar-refractivity contribution is 5.79. The van der Waals surface area contributed by atoms with E-state index in [1.165, 1.54) is 0 Å². The summed E-state index contributed by atoms with van der Waals surface area (Å²) >= 11 is 0. The first-order valence-electron chi connectivity index (χ1n) is 7.54. The number of nitrogens with zero attached hydrogens (tertiary/aromatic N) is 2. The van der Waals surface area contributed by atoms with E-state index in [1.54, 1.807) is 0 Å². The fraction of sp³-hybridized carbons (Fsp3) is 0.562. The second-order valence-corrected chi connectivity index (χ2v) is 5.02. The zero-order valence-corrected chi connectivity index (χ0v) is 13.6. The second-order valence-electron chi connectivity index (χ2n) is 5.02. The summed E-state index contributed by atoms with van der Waals surface area (Å²) < 4.78 is 5.74.